The second kappa shape index (κ2) is 10.7. The molecule has 0 unspecified atom stereocenters. The molecule has 1 aliphatic heterocycles. The lowest BCUT2D eigenvalue weighted by Crippen LogP contribution is -2.44. The Morgan fingerprint density at radius 1 is 1.15 bits per heavy atom. The maximum Gasteiger partial charge on any atom is 0.306 e. The van der Waals surface area contributed by atoms with Gasteiger partial charge in [-0.2, -0.15) is 0 Å². The fourth-order valence-corrected chi connectivity index (χ4v) is 5.26. The Morgan fingerprint density at radius 2 is 1.88 bits per heavy atom. The number of carboxylic acids is 1. The number of carbonyl (C=O) groups excluding carboxylic acids is 1. The van der Waals surface area contributed by atoms with E-state index >= 15 is 0 Å². The number of hydrogen-bond donors (Lipinski definition) is 1. The van der Waals surface area contributed by atoms with Crippen LogP contribution in [-0.4, -0.2) is 39.7 Å². The van der Waals surface area contributed by atoms with Crippen LogP contribution in [0.25, 0.3) is 6.08 Å². The second-order valence-corrected chi connectivity index (χ2v) is 9.42. The number of aliphatic imine (C=N–C) groups is 1. The molecule has 2 aromatic carbocycles. The minimum Gasteiger partial charge on any atom is -0.493 e. The Balaban J connectivity index is 1.57. The molecule has 33 heavy (non-hydrogen) atoms. The number of ether oxygens (including phenoxy) is 1. The molecule has 2 fully saturated rings. The molecule has 1 saturated carbocycles. The molecule has 0 spiro atoms. The third kappa shape index (κ3) is 5.85. The van der Waals surface area contributed by atoms with Gasteiger partial charge in [-0.3, -0.25) is 14.5 Å². The van der Waals surface area contributed by atoms with Crippen LogP contribution in [0.4, 0.5) is 5.69 Å². The van der Waals surface area contributed by atoms with E-state index in [1.165, 1.54) is 18.2 Å². The predicted octanol–water partition coefficient (Wildman–Crippen LogP) is 5.72. The molecule has 0 radical (unpaired) electrons. The molecular formula is C26H28N2O4S. The van der Waals surface area contributed by atoms with Crippen LogP contribution in [0.5, 0.6) is 5.75 Å². The summed E-state index contributed by atoms with van der Waals surface area (Å²) >= 11 is 1.42. The number of aliphatic carboxylic acids is 1. The van der Waals surface area contributed by atoms with Crippen molar-refractivity contribution in [1.29, 1.82) is 0 Å². The lowest BCUT2D eigenvalue weighted by atomic mass is 9.85. The predicted molar refractivity (Wildman–Crippen MR) is 132 cm³/mol. The lowest BCUT2D eigenvalue weighted by Gasteiger charge is -2.35. The summed E-state index contributed by atoms with van der Waals surface area (Å²) in [5.74, 6) is 0.159. The Morgan fingerprint density at radius 3 is 2.58 bits per heavy atom. The van der Waals surface area contributed by atoms with E-state index < -0.39 is 5.97 Å². The Hall–Kier alpha value is -3.06. The van der Waals surface area contributed by atoms with Crippen LogP contribution < -0.4 is 4.74 Å². The normalized spacial score (nSPS) is 23.3. The molecule has 7 heteroatoms. The van der Waals surface area contributed by atoms with Crippen LogP contribution in [-0.2, 0) is 9.59 Å². The highest BCUT2D eigenvalue weighted by molar-refractivity contribution is 8.18. The van der Waals surface area contributed by atoms with Gasteiger partial charge in [-0.15, -0.1) is 0 Å². The van der Waals surface area contributed by atoms with Gasteiger partial charge in [-0.05, 0) is 66.4 Å². The van der Waals surface area contributed by atoms with Gasteiger partial charge < -0.3 is 9.84 Å². The van der Waals surface area contributed by atoms with Crippen LogP contribution in [0.15, 0.2) is 64.5 Å². The fourth-order valence-electron chi connectivity index (χ4n) is 4.22. The number of nitrogens with zero attached hydrogens (tertiary/aromatic N) is 2. The average molecular weight is 465 g/mol. The molecule has 2 atom stereocenters. The summed E-state index contributed by atoms with van der Waals surface area (Å²) in [6.45, 7) is 2.35. The number of rotatable bonds is 7. The lowest BCUT2D eigenvalue weighted by molar-refractivity contribution is -0.137. The summed E-state index contributed by atoms with van der Waals surface area (Å²) in [4.78, 5) is 31.5. The molecule has 0 aromatic heterocycles. The first-order valence-electron chi connectivity index (χ1n) is 11.3. The quantitative estimate of drug-likeness (QED) is 0.530. The maximum atomic E-state index is 13.5. The van der Waals surface area contributed by atoms with Crippen molar-refractivity contribution in [3.8, 4) is 5.75 Å². The van der Waals surface area contributed by atoms with E-state index in [1.807, 2.05) is 53.4 Å². The van der Waals surface area contributed by atoms with Gasteiger partial charge in [0.1, 0.15) is 5.75 Å². The van der Waals surface area contributed by atoms with Crippen molar-refractivity contribution in [1.82, 2.24) is 4.90 Å². The minimum absolute atomic E-state index is 0.00946. The summed E-state index contributed by atoms with van der Waals surface area (Å²) in [6.07, 6.45) is 6.31. The number of para-hydroxylation sites is 1. The number of benzene rings is 2. The standard InChI is InChI=1S/C26H28N2O4S/c1-18-7-5-6-10-22(18)28-25(31)23(33-26(28)27-20-8-3-2-4-9-20)17-19-11-13-21(14-12-19)32-16-15-24(29)30/h2-4,8-9,11-14,17-18,22H,5-7,10,15-16H2,1H3,(H,29,30)/b23-17-,27-26?/t18-,22+/m1/s1. The zero-order chi connectivity index (χ0) is 23.2. The van der Waals surface area contributed by atoms with Crippen molar-refractivity contribution >= 4 is 40.6 Å². The number of amidine groups is 1. The summed E-state index contributed by atoms with van der Waals surface area (Å²) in [6, 6.07) is 17.2. The van der Waals surface area contributed by atoms with E-state index in [9.17, 15) is 9.59 Å². The van der Waals surface area contributed by atoms with E-state index in [0.717, 1.165) is 35.7 Å². The molecule has 2 aliphatic rings. The zero-order valence-corrected chi connectivity index (χ0v) is 19.5. The summed E-state index contributed by atoms with van der Waals surface area (Å²) < 4.78 is 5.45. The van der Waals surface area contributed by atoms with E-state index in [0.29, 0.717) is 16.6 Å². The van der Waals surface area contributed by atoms with E-state index in [-0.39, 0.29) is 25.0 Å². The van der Waals surface area contributed by atoms with Crippen molar-refractivity contribution in [3.05, 3.63) is 65.1 Å². The van der Waals surface area contributed by atoms with Crippen LogP contribution in [0.1, 0.15) is 44.6 Å². The summed E-state index contributed by atoms with van der Waals surface area (Å²) in [7, 11) is 0. The Kier molecular flexibility index (Phi) is 7.50. The summed E-state index contributed by atoms with van der Waals surface area (Å²) in [5, 5.41) is 9.47. The van der Waals surface area contributed by atoms with Crippen LogP contribution in [0.2, 0.25) is 0 Å². The zero-order valence-electron chi connectivity index (χ0n) is 18.6. The average Bonchev–Trinajstić information content (AvgIpc) is 3.10. The van der Waals surface area contributed by atoms with E-state index in [2.05, 4.69) is 6.92 Å². The van der Waals surface area contributed by atoms with Gasteiger partial charge in [0, 0.05) is 6.04 Å². The van der Waals surface area contributed by atoms with Gasteiger partial charge in [0.15, 0.2) is 5.17 Å². The summed E-state index contributed by atoms with van der Waals surface area (Å²) in [5.41, 5.74) is 1.72. The molecule has 1 aliphatic carbocycles. The Labute approximate surface area is 198 Å². The first-order chi connectivity index (χ1) is 16.0. The Bertz CT molecular complexity index is 1050. The molecule has 2 aromatic rings. The van der Waals surface area contributed by atoms with Gasteiger partial charge in [0.25, 0.3) is 5.91 Å². The van der Waals surface area contributed by atoms with Gasteiger partial charge in [0.05, 0.1) is 23.6 Å². The van der Waals surface area contributed by atoms with Gasteiger partial charge in [-0.25, -0.2) is 4.99 Å². The number of thioether (sulfide) groups is 1. The highest BCUT2D eigenvalue weighted by Crippen LogP contribution is 2.40. The SMILES string of the molecule is C[C@@H]1CCCC[C@@H]1N1C(=O)/C(=C/c2ccc(OCCC(=O)O)cc2)SC1=Nc1ccccc1. The maximum absolute atomic E-state index is 13.5. The fraction of sp³-hybridized carbons (Fsp3) is 0.346. The van der Waals surface area contributed by atoms with Gasteiger partial charge in [0.2, 0.25) is 0 Å². The number of amides is 1. The van der Waals surface area contributed by atoms with Crippen LogP contribution in [0, 0.1) is 5.92 Å². The third-order valence-corrected chi connectivity index (χ3v) is 6.96. The monoisotopic (exact) mass is 464 g/mol. The molecule has 1 N–H and O–H groups in total. The van der Waals surface area contributed by atoms with Crippen LogP contribution in [0.3, 0.4) is 0 Å². The molecule has 1 amide bonds. The smallest absolute Gasteiger partial charge is 0.306 e. The first-order valence-corrected chi connectivity index (χ1v) is 12.1. The third-order valence-electron chi connectivity index (χ3n) is 5.98. The largest absolute Gasteiger partial charge is 0.493 e. The van der Waals surface area contributed by atoms with Crippen molar-refractivity contribution in [2.45, 2.75) is 45.1 Å². The van der Waals surface area contributed by atoms with Crippen molar-refractivity contribution < 1.29 is 19.4 Å². The van der Waals surface area contributed by atoms with Crippen LogP contribution >= 0.6 is 11.8 Å². The highest BCUT2D eigenvalue weighted by atomic mass is 32.2. The van der Waals surface area contributed by atoms with Crippen molar-refractivity contribution in [2.24, 2.45) is 10.9 Å². The molecular weight excluding hydrogens is 436 g/mol. The van der Waals surface area contributed by atoms with Crippen molar-refractivity contribution in [2.75, 3.05) is 6.61 Å². The first kappa shape index (κ1) is 23.1. The molecule has 6 nitrogen and oxygen atoms in total. The highest BCUT2D eigenvalue weighted by Gasteiger charge is 2.41. The second-order valence-electron chi connectivity index (χ2n) is 8.41. The van der Waals surface area contributed by atoms with Crippen molar-refractivity contribution in [3.63, 3.8) is 0 Å². The number of carbonyl (C=O) groups is 2. The van der Waals surface area contributed by atoms with E-state index in [4.69, 9.17) is 14.8 Å². The van der Waals surface area contributed by atoms with Gasteiger partial charge >= 0.3 is 5.97 Å². The molecule has 4 rings (SSSR count). The molecule has 0 bridgehead atoms. The molecule has 172 valence electrons. The minimum atomic E-state index is -0.891. The topological polar surface area (TPSA) is 79.2 Å². The number of hydrogen-bond acceptors (Lipinski definition) is 5. The van der Waals surface area contributed by atoms with E-state index in [1.54, 1.807) is 12.1 Å². The number of carboxylic acid groups (broad SMARTS) is 1. The molecule has 1 heterocycles. The molecule has 1 saturated heterocycles. The van der Waals surface area contributed by atoms with Gasteiger partial charge in [-0.1, -0.05) is 50.1 Å².